The van der Waals surface area contributed by atoms with Gasteiger partial charge in [-0.05, 0) is 49.3 Å². The number of carbonyl (C=O) groups excluding carboxylic acids is 2. The lowest BCUT2D eigenvalue weighted by molar-refractivity contribution is -0.117. The highest BCUT2D eigenvalue weighted by Gasteiger charge is 2.38. The minimum atomic E-state index is -1.51. The van der Waals surface area contributed by atoms with E-state index in [9.17, 15) is 14.1 Å². The van der Waals surface area contributed by atoms with Gasteiger partial charge in [-0.25, -0.2) is 0 Å². The van der Waals surface area contributed by atoms with Crippen molar-refractivity contribution in [3.05, 3.63) is 114 Å². The molecule has 4 atom stereocenters. The predicted octanol–water partition coefficient (Wildman–Crippen LogP) is 4.54. The number of Topliss-reactive ketones (excluding diaryl/α,β-unsaturated/α-hetero) is 2. The molecule has 8 heteroatoms. The zero-order valence-electron chi connectivity index (χ0n) is 20.7. The van der Waals surface area contributed by atoms with Crippen molar-refractivity contribution in [2.45, 2.75) is 37.7 Å². The molecular formula is C29H28N2O5S. The molecule has 1 aliphatic rings. The Hall–Kier alpha value is -3.59. The zero-order valence-corrected chi connectivity index (χ0v) is 21.5. The van der Waals surface area contributed by atoms with Crippen LogP contribution in [0, 0.1) is 12.8 Å². The molecule has 0 fully saturated rings. The van der Waals surface area contributed by atoms with E-state index in [1.165, 1.54) is 0 Å². The van der Waals surface area contributed by atoms with Crippen LogP contribution < -0.4 is 4.74 Å². The molecule has 37 heavy (non-hydrogen) atoms. The second-order valence-electron chi connectivity index (χ2n) is 8.54. The van der Waals surface area contributed by atoms with Crippen molar-refractivity contribution in [2.75, 3.05) is 0 Å². The zero-order chi connectivity index (χ0) is 26.2. The summed E-state index contributed by atoms with van der Waals surface area (Å²) in [6.07, 6.45) is 9.58. The quantitative estimate of drug-likeness (QED) is 0.160. The largest absolute Gasteiger partial charge is 0.616 e. The molecule has 4 unspecified atom stereocenters. The number of rotatable bonds is 11. The topological polar surface area (TPSA) is 101 Å². The second kappa shape index (κ2) is 12.6. The Balaban J connectivity index is 1.42. The van der Waals surface area contributed by atoms with Crippen molar-refractivity contribution >= 4 is 22.7 Å². The summed E-state index contributed by atoms with van der Waals surface area (Å²) in [5, 5.41) is -0.642. The third kappa shape index (κ3) is 6.80. The first-order valence-corrected chi connectivity index (χ1v) is 13.3. The summed E-state index contributed by atoms with van der Waals surface area (Å²) in [5.74, 6) is -1.29. The van der Waals surface area contributed by atoms with E-state index >= 15 is 0 Å². The van der Waals surface area contributed by atoms with Crippen LogP contribution in [-0.4, -0.2) is 37.6 Å². The van der Waals surface area contributed by atoms with Crippen LogP contribution in [-0.2, 0) is 33.1 Å². The number of allylic oxidation sites excluding steroid dienone is 3. The summed E-state index contributed by atoms with van der Waals surface area (Å²) in [4.78, 5) is 34.5. The maximum absolute atomic E-state index is 13.4. The Bertz CT molecular complexity index is 1280. The number of ketones is 2. The highest BCUT2D eigenvalue weighted by atomic mass is 32.2. The molecule has 0 N–H and O–H groups in total. The first-order chi connectivity index (χ1) is 17.9. The molecule has 2 aromatic heterocycles. The third-order valence-electron chi connectivity index (χ3n) is 5.97. The lowest BCUT2D eigenvalue weighted by Gasteiger charge is -2.26. The van der Waals surface area contributed by atoms with Crippen molar-refractivity contribution in [3.63, 3.8) is 0 Å². The number of nitrogens with zero attached hydrogens (tertiary/aromatic N) is 2. The maximum atomic E-state index is 13.4. The Morgan fingerprint density at radius 1 is 1.00 bits per heavy atom. The van der Waals surface area contributed by atoms with Gasteiger partial charge >= 0.3 is 0 Å². The average Bonchev–Trinajstić information content (AvgIpc) is 2.94. The summed E-state index contributed by atoms with van der Waals surface area (Å²) in [6.45, 7) is 3.94. The molecule has 4 rings (SSSR count). The Labute approximate surface area is 219 Å². The van der Waals surface area contributed by atoms with Gasteiger partial charge in [0.15, 0.2) is 6.29 Å². The van der Waals surface area contributed by atoms with Gasteiger partial charge in [0, 0.05) is 23.5 Å². The standard InChI is InChI=1S/C29H28N2O5S/c1-20-25(31-17-15-26(20)36-21(2)35-18-23-12-8-9-16-30-23)19-37(34)27-14-7-6-13-24(27)29(33)28(32)22-10-4-3-5-11-22/h3-17,21,24,27H,18-19H2,1-2H3. The Morgan fingerprint density at radius 2 is 1.76 bits per heavy atom. The summed E-state index contributed by atoms with van der Waals surface area (Å²) in [6, 6.07) is 15.7. The summed E-state index contributed by atoms with van der Waals surface area (Å²) >= 11 is -1.51. The molecule has 7 nitrogen and oxygen atoms in total. The number of benzene rings is 1. The van der Waals surface area contributed by atoms with Crippen LogP contribution in [0.25, 0.3) is 0 Å². The number of carbonyl (C=O) groups is 2. The van der Waals surface area contributed by atoms with Gasteiger partial charge < -0.3 is 14.0 Å². The fourth-order valence-electron chi connectivity index (χ4n) is 3.92. The second-order valence-corrected chi connectivity index (χ2v) is 10.1. The minimum absolute atomic E-state index is 0.109. The molecule has 1 aliphatic carbocycles. The third-order valence-corrected chi connectivity index (χ3v) is 7.59. The van der Waals surface area contributed by atoms with Gasteiger partial charge in [-0.15, -0.1) is 0 Å². The number of aromatic nitrogens is 2. The van der Waals surface area contributed by atoms with E-state index in [4.69, 9.17) is 9.47 Å². The molecule has 0 amide bonds. The molecule has 0 aliphatic heterocycles. The number of hydrogen-bond donors (Lipinski definition) is 0. The molecule has 0 saturated heterocycles. The monoisotopic (exact) mass is 516 g/mol. The number of ether oxygens (including phenoxy) is 2. The summed E-state index contributed by atoms with van der Waals surface area (Å²) < 4.78 is 25.1. The number of pyridine rings is 2. The van der Waals surface area contributed by atoms with Crippen LogP contribution in [0.5, 0.6) is 5.75 Å². The van der Waals surface area contributed by atoms with Gasteiger partial charge in [-0.1, -0.05) is 54.6 Å². The molecule has 1 aromatic carbocycles. The molecule has 0 spiro atoms. The SMILES string of the molecule is Cc1c(OC(C)OCc2ccccn2)ccnc1C[S+]([O-])C1C=CC=CC1C(=O)C(=O)c1ccccc1. The fraction of sp³-hybridized carbons (Fsp3) is 0.241. The smallest absolute Gasteiger partial charge is 0.229 e. The van der Waals surface area contributed by atoms with Gasteiger partial charge in [0.25, 0.3) is 0 Å². The van der Waals surface area contributed by atoms with Gasteiger partial charge in [0.2, 0.25) is 11.6 Å². The number of hydrogen-bond acceptors (Lipinski definition) is 7. The Kier molecular flexibility index (Phi) is 9.00. The minimum Gasteiger partial charge on any atom is -0.616 e. The molecule has 0 radical (unpaired) electrons. The maximum Gasteiger partial charge on any atom is 0.229 e. The van der Waals surface area contributed by atoms with E-state index in [1.54, 1.807) is 80.0 Å². The highest BCUT2D eigenvalue weighted by Crippen LogP contribution is 2.28. The van der Waals surface area contributed by atoms with Crippen LogP contribution in [0.2, 0.25) is 0 Å². The molecule has 0 bridgehead atoms. The first kappa shape index (κ1) is 26.5. The average molecular weight is 517 g/mol. The van der Waals surface area contributed by atoms with Crippen molar-refractivity contribution in [3.8, 4) is 5.75 Å². The fourth-order valence-corrected chi connectivity index (χ4v) is 5.48. The van der Waals surface area contributed by atoms with Crippen LogP contribution >= 0.6 is 0 Å². The van der Waals surface area contributed by atoms with E-state index in [0.717, 1.165) is 11.3 Å². The van der Waals surface area contributed by atoms with Crippen molar-refractivity contribution in [2.24, 2.45) is 5.92 Å². The lowest BCUT2D eigenvalue weighted by Crippen LogP contribution is -2.37. The van der Waals surface area contributed by atoms with Crippen LogP contribution in [0.4, 0.5) is 0 Å². The molecule has 190 valence electrons. The van der Waals surface area contributed by atoms with Crippen LogP contribution in [0.3, 0.4) is 0 Å². The van der Waals surface area contributed by atoms with E-state index in [1.807, 2.05) is 25.1 Å². The van der Waals surface area contributed by atoms with E-state index in [0.29, 0.717) is 23.6 Å². The lowest BCUT2D eigenvalue weighted by atomic mass is 9.91. The van der Waals surface area contributed by atoms with Crippen LogP contribution in [0.15, 0.2) is 91.3 Å². The van der Waals surface area contributed by atoms with Gasteiger partial charge in [-0.3, -0.25) is 19.6 Å². The van der Waals surface area contributed by atoms with E-state index < -0.39 is 40.2 Å². The van der Waals surface area contributed by atoms with Gasteiger partial charge in [-0.2, -0.15) is 0 Å². The molecule has 0 saturated carbocycles. The van der Waals surface area contributed by atoms with Crippen molar-refractivity contribution in [1.82, 2.24) is 9.97 Å². The molecule has 3 aromatic rings. The van der Waals surface area contributed by atoms with Crippen molar-refractivity contribution in [1.29, 1.82) is 0 Å². The Morgan fingerprint density at radius 3 is 2.51 bits per heavy atom. The van der Waals surface area contributed by atoms with Gasteiger partial charge in [0.1, 0.15) is 16.8 Å². The van der Waals surface area contributed by atoms with Crippen LogP contribution in [0.1, 0.15) is 34.2 Å². The highest BCUT2D eigenvalue weighted by molar-refractivity contribution is 7.91. The molecular weight excluding hydrogens is 488 g/mol. The predicted molar refractivity (Wildman–Crippen MR) is 141 cm³/mol. The summed E-state index contributed by atoms with van der Waals surface area (Å²) in [7, 11) is 0. The first-order valence-electron chi connectivity index (χ1n) is 11.9. The molecule has 2 heterocycles. The normalized spacial score (nSPS) is 18.2. The van der Waals surface area contributed by atoms with Gasteiger partial charge in [0.05, 0.1) is 23.9 Å². The van der Waals surface area contributed by atoms with E-state index in [-0.39, 0.29) is 5.75 Å². The van der Waals surface area contributed by atoms with Crippen molar-refractivity contribution < 1.29 is 23.6 Å². The van der Waals surface area contributed by atoms with E-state index in [2.05, 4.69) is 9.97 Å². The summed E-state index contributed by atoms with van der Waals surface area (Å²) in [5.41, 5.74) is 2.45.